The van der Waals surface area contributed by atoms with Crippen molar-refractivity contribution in [3.05, 3.63) is 134 Å². The summed E-state index contributed by atoms with van der Waals surface area (Å²) >= 11 is 0. The Kier molecular flexibility index (Phi) is 5.27. The van der Waals surface area contributed by atoms with E-state index in [1.807, 2.05) is 12.3 Å². The van der Waals surface area contributed by atoms with E-state index in [0.717, 1.165) is 40.0 Å². The van der Waals surface area contributed by atoms with Gasteiger partial charge in [0.25, 0.3) is 0 Å². The zero-order valence-electron chi connectivity index (χ0n) is 23.2. The Labute approximate surface area is 248 Å². The lowest BCUT2D eigenvalue weighted by atomic mass is 9.93. The SMILES string of the molecule is C1=CNC(n2ccc3c4c(ccc32)-c2ccccc2-c2cc3ccn(-c5ncccn5)c3cc2N4c2ccccc2)NC1. The number of fused-ring (bicyclic) bond motifs is 8. The average Bonchev–Trinajstić information content (AvgIpc) is 3.68. The van der Waals surface area contributed by atoms with Crippen LogP contribution in [0.5, 0.6) is 0 Å². The number of benzene rings is 4. The molecule has 2 aliphatic rings. The van der Waals surface area contributed by atoms with Crippen molar-refractivity contribution in [1.82, 2.24) is 29.7 Å². The maximum Gasteiger partial charge on any atom is 0.234 e. The first-order valence-corrected chi connectivity index (χ1v) is 14.5. The lowest BCUT2D eigenvalue weighted by molar-refractivity contribution is 0.378. The van der Waals surface area contributed by atoms with Gasteiger partial charge in [-0.1, -0.05) is 54.6 Å². The van der Waals surface area contributed by atoms with Gasteiger partial charge in [-0.15, -0.1) is 0 Å². The van der Waals surface area contributed by atoms with Gasteiger partial charge in [0.05, 0.1) is 22.4 Å². The van der Waals surface area contributed by atoms with E-state index in [4.69, 9.17) is 0 Å². The molecule has 1 atom stereocenters. The van der Waals surface area contributed by atoms with Crippen LogP contribution in [-0.2, 0) is 0 Å². The fraction of sp³-hybridized carbons (Fsp3) is 0.0556. The molecule has 0 bridgehead atoms. The van der Waals surface area contributed by atoms with Gasteiger partial charge in [0, 0.05) is 58.9 Å². The van der Waals surface area contributed by atoms with Crippen LogP contribution in [0.25, 0.3) is 50.0 Å². The van der Waals surface area contributed by atoms with E-state index >= 15 is 0 Å². The highest BCUT2D eigenvalue weighted by atomic mass is 15.3. The summed E-state index contributed by atoms with van der Waals surface area (Å²) in [5, 5.41) is 9.34. The van der Waals surface area contributed by atoms with Crippen LogP contribution in [0.15, 0.2) is 134 Å². The Morgan fingerprint density at radius 3 is 2.33 bits per heavy atom. The third-order valence-electron chi connectivity index (χ3n) is 8.51. The molecular formula is C36H27N7. The van der Waals surface area contributed by atoms with E-state index in [-0.39, 0.29) is 6.29 Å². The molecular weight excluding hydrogens is 530 g/mol. The van der Waals surface area contributed by atoms with Crippen molar-refractivity contribution in [1.29, 1.82) is 0 Å². The predicted molar refractivity (Wildman–Crippen MR) is 173 cm³/mol. The molecule has 7 aromatic rings. The molecule has 5 heterocycles. The van der Waals surface area contributed by atoms with Crippen LogP contribution < -0.4 is 15.5 Å². The molecule has 0 radical (unpaired) electrons. The maximum atomic E-state index is 4.56. The molecule has 7 nitrogen and oxygen atoms in total. The van der Waals surface area contributed by atoms with Gasteiger partial charge in [-0.3, -0.25) is 9.88 Å². The zero-order chi connectivity index (χ0) is 28.3. The topological polar surface area (TPSA) is 62.9 Å². The van der Waals surface area contributed by atoms with Crippen LogP contribution in [0.3, 0.4) is 0 Å². The third-order valence-corrected chi connectivity index (χ3v) is 8.51. The molecule has 9 rings (SSSR count). The highest BCUT2D eigenvalue weighted by Crippen LogP contribution is 2.54. The fourth-order valence-corrected chi connectivity index (χ4v) is 6.62. The molecule has 0 saturated carbocycles. The van der Waals surface area contributed by atoms with E-state index in [0.29, 0.717) is 5.95 Å². The number of nitrogens with zero attached hydrogens (tertiary/aromatic N) is 5. The van der Waals surface area contributed by atoms with Crippen molar-refractivity contribution < 1.29 is 0 Å². The van der Waals surface area contributed by atoms with E-state index in [2.05, 4.69) is 144 Å². The van der Waals surface area contributed by atoms with Gasteiger partial charge in [0.1, 0.15) is 0 Å². The summed E-state index contributed by atoms with van der Waals surface area (Å²) in [6, 6.07) is 34.8. The standard InChI is InChI=1S/C36H27N7/c1-2-8-25(9-3-1)43-33-23-32-24(14-20-42(32)36-39-18-7-19-40-36)22-30(33)27-11-5-4-10-26(27)28-12-13-31-29(34(28)43)15-21-41(31)35-37-16-6-17-38-35/h1-16,18-23,35,37-38H,17H2. The minimum absolute atomic E-state index is 0.0233. The number of hydrogen-bond donors (Lipinski definition) is 2. The van der Waals surface area contributed by atoms with Crippen molar-refractivity contribution in [2.45, 2.75) is 6.29 Å². The molecule has 7 heteroatoms. The average molecular weight is 558 g/mol. The normalized spacial score (nSPS) is 15.5. The molecule has 2 aliphatic heterocycles. The van der Waals surface area contributed by atoms with Crippen LogP contribution >= 0.6 is 0 Å². The predicted octanol–water partition coefficient (Wildman–Crippen LogP) is 7.66. The van der Waals surface area contributed by atoms with E-state index in [1.54, 1.807) is 12.4 Å². The highest BCUT2D eigenvalue weighted by molar-refractivity contribution is 6.13. The van der Waals surface area contributed by atoms with Gasteiger partial charge in [-0.05, 0) is 65.9 Å². The number of nitrogens with one attached hydrogen (secondary N) is 2. The van der Waals surface area contributed by atoms with Gasteiger partial charge in [0.15, 0.2) is 6.29 Å². The quantitative estimate of drug-likeness (QED) is 0.234. The Balaban J connectivity index is 1.39. The van der Waals surface area contributed by atoms with Crippen LogP contribution in [-0.4, -0.2) is 25.6 Å². The van der Waals surface area contributed by atoms with Crippen LogP contribution in [0.2, 0.25) is 0 Å². The molecule has 3 aromatic heterocycles. The summed E-state index contributed by atoms with van der Waals surface area (Å²) in [6.45, 7) is 0.819. The lowest BCUT2D eigenvalue weighted by Gasteiger charge is -2.29. The van der Waals surface area contributed by atoms with Gasteiger partial charge in [-0.25, -0.2) is 9.97 Å². The molecule has 0 fully saturated rings. The van der Waals surface area contributed by atoms with Crippen molar-refractivity contribution in [2.75, 3.05) is 11.4 Å². The summed E-state index contributed by atoms with van der Waals surface area (Å²) in [5.74, 6) is 0.652. The first-order chi connectivity index (χ1) is 21.3. The third kappa shape index (κ3) is 3.65. The second kappa shape index (κ2) is 9.44. The molecule has 43 heavy (non-hydrogen) atoms. The molecule has 0 amide bonds. The minimum Gasteiger partial charge on any atom is -0.359 e. The molecule has 0 spiro atoms. The smallest absolute Gasteiger partial charge is 0.234 e. The number of rotatable bonds is 3. The Morgan fingerprint density at radius 2 is 1.51 bits per heavy atom. The zero-order valence-corrected chi connectivity index (χ0v) is 23.2. The van der Waals surface area contributed by atoms with Crippen LogP contribution in [0.4, 0.5) is 17.1 Å². The molecule has 4 aromatic carbocycles. The number of para-hydroxylation sites is 1. The Morgan fingerprint density at radius 1 is 0.698 bits per heavy atom. The van der Waals surface area contributed by atoms with E-state index in [1.165, 1.54) is 27.6 Å². The number of hydrogen-bond acceptors (Lipinski definition) is 5. The second-order valence-corrected chi connectivity index (χ2v) is 10.9. The fourth-order valence-electron chi connectivity index (χ4n) is 6.62. The highest BCUT2D eigenvalue weighted by Gasteiger charge is 2.30. The van der Waals surface area contributed by atoms with Gasteiger partial charge in [-0.2, -0.15) is 0 Å². The van der Waals surface area contributed by atoms with Crippen molar-refractivity contribution in [3.8, 4) is 28.2 Å². The first-order valence-electron chi connectivity index (χ1n) is 14.5. The monoisotopic (exact) mass is 557 g/mol. The summed E-state index contributed by atoms with van der Waals surface area (Å²) in [6.07, 6.45) is 11.9. The summed E-state index contributed by atoms with van der Waals surface area (Å²) in [7, 11) is 0. The van der Waals surface area contributed by atoms with Crippen molar-refractivity contribution in [3.63, 3.8) is 0 Å². The van der Waals surface area contributed by atoms with Gasteiger partial charge < -0.3 is 14.8 Å². The molecule has 0 aliphatic carbocycles. The summed E-state index contributed by atoms with van der Waals surface area (Å²) < 4.78 is 4.35. The van der Waals surface area contributed by atoms with Crippen LogP contribution in [0, 0.1) is 0 Å². The van der Waals surface area contributed by atoms with Crippen LogP contribution in [0.1, 0.15) is 6.29 Å². The molecule has 1 unspecified atom stereocenters. The Bertz CT molecular complexity index is 2180. The summed E-state index contributed by atoms with van der Waals surface area (Å²) in [5.41, 5.74) is 10.4. The van der Waals surface area contributed by atoms with E-state index < -0.39 is 0 Å². The van der Waals surface area contributed by atoms with Crippen molar-refractivity contribution in [2.24, 2.45) is 0 Å². The van der Waals surface area contributed by atoms with Crippen molar-refractivity contribution >= 4 is 38.9 Å². The van der Waals surface area contributed by atoms with Gasteiger partial charge in [0.2, 0.25) is 5.95 Å². The van der Waals surface area contributed by atoms with E-state index in [9.17, 15) is 0 Å². The number of aromatic nitrogens is 4. The summed E-state index contributed by atoms with van der Waals surface area (Å²) in [4.78, 5) is 11.5. The number of anilines is 3. The molecule has 2 N–H and O–H groups in total. The largest absolute Gasteiger partial charge is 0.359 e. The lowest BCUT2D eigenvalue weighted by Crippen LogP contribution is -2.38. The minimum atomic E-state index is -0.0233. The maximum absolute atomic E-state index is 4.56. The van der Waals surface area contributed by atoms with Gasteiger partial charge >= 0.3 is 0 Å². The second-order valence-electron chi connectivity index (χ2n) is 10.9. The first kappa shape index (κ1) is 24.0. The Hall–Kier alpha value is -5.66. The molecule has 0 saturated heterocycles. The molecule has 206 valence electrons.